The van der Waals surface area contributed by atoms with Crippen LogP contribution in [0.15, 0.2) is 42.7 Å². The van der Waals surface area contributed by atoms with E-state index in [1.807, 2.05) is 30.3 Å². The van der Waals surface area contributed by atoms with Gasteiger partial charge in [0.2, 0.25) is 5.91 Å². The standard InChI is InChI=1S/C20H23N3O2/c24-19(16-8-13-25-20(14-16)9-4-5-10-20)23-18-17(21-11-12-22-18)15-6-2-1-3-7-15/h1-3,6-7,11-12,16H,4-5,8-10,13-14H2,(H,22,23,24). The fraction of sp³-hybridized carbons (Fsp3) is 0.450. The molecule has 1 saturated carbocycles. The summed E-state index contributed by atoms with van der Waals surface area (Å²) in [4.78, 5) is 21.6. The topological polar surface area (TPSA) is 64.1 Å². The maximum atomic E-state index is 12.9. The first kappa shape index (κ1) is 16.2. The Hall–Kier alpha value is -2.27. The molecule has 0 bridgehead atoms. The van der Waals surface area contributed by atoms with Crippen LogP contribution in [0.1, 0.15) is 38.5 Å². The minimum Gasteiger partial charge on any atom is -0.375 e. The maximum absolute atomic E-state index is 12.9. The van der Waals surface area contributed by atoms with Gasteiger partial charge in [-0.15, -0.1) is 0 Å². The van der Waals surface area contributed by atoms with Gasteiger partial charge >= 0.3 is 0 Å². The number of hydrogen-bond donors (Lipinski definition) is 1. The lowest BCUT2D eigenvalue weighted by molar-refractivity contribution is -0.133. The average Bonchev–Trinajstić information content (AvgIpc) is 3.10. The molecule has 2 heterocycles. The minimum absolute atomic E-state index is 0.0162. The van der Waals surface area contributed by atoms with Crippen molar-refractivity contribution < 1.29 is 9.53 Å². The second kappa shape index (κ2) is 6.92. The van der Waals surface area contributed by atoms with E-state index < -0.39 is 0 Å². The Morgan fingerprint density at radius 2 is 1.88 bits per heavy atom. The van der Waals surface area contributed by atoms with Gasteiger partial charge in [-0.25, -0.2) is 4.98 Å². The number of rotatable bonds is 3. The number of carbonyl (C=O) groups excluding carboxylic acids is 1. The third-order valence-corrected chi connectivity index (χ3v) is 5.37. The highest BCUT2D eigenvalue weighted by Crippen LogP contribution is 2.42. The summed E-state index contributed by atoms with van der Waals surface area (Å²) in [5.74, 6) is 0.551. The molecule has 5 nitrogen and oxygen atoms in total. The average molecular weight is 337 g/mol. The van der Waals surface area contributed by atoms with Crippen LogP contribution in [0.4, 0.5) is 5.82 Å². The lowest BCUT2D eigenvalue weighted by atomic mass is 9.84. The fourth-order valence-corrected chi connectivity index (χ4v) is 4.07. The first-order valence-corrected chi connectivity index (χ1v) is 9.07. The monoisotopic (exact) mass is 337 g/mol. The van der Waals surface area contributed by atoms with Crippen molar-refractivity contribution in [2.45, 2.75) is 44.1 Å². The summed E-state index contributed by atoms with van der Waals surface area (Å²) in [5.41, 5.74) is 1.59. The van der Waals surface area contributed by atoms with E-state index in [4.69, 9.17) is 4.74 Å². The van der Waals surface area contributed by atoms with Gasteiger partial charge in [-0.3, -0.25) is 9.78 Å². The SMILES string of the molecule is O=C(Nc1nccnc1-c1ccccc1)C1CCOC2(CCCC2)C1. The summed E-state index contributed by atoms with van der Waals surface area (Å²) in [6.07, 6.45) is 9.43. The molecule has 1 aromatic heterocycles. The summed E-state index contributed by atoms with van der Waals surface area (Å²) < 4.78 is 6.04. The molecule has 1 aliphatic carbocycles. The van der Waals surface area contributed by atoms with Crippen molar-refractivity contribution in [2.24, 2.45) is 5.92 Å². The zero-order valence-electron chi connectivity index (χ0n) is 14.3. The van der Waals surface area contributed by atoms with E-state index >= 15 is 0 Å². The van der Waals surface area contributed by atoms with Crippen molar-refractivity contribution in [1.82, 2.24) is 9.97 Å². The molecule has 2 fully saturated rings. The third kappa shape index (κ3) is 3.42. The predicted octanol–water partition coefficient (Wildman–Crippen LogP) is 3.82. The molecule has 1 aromatic carbocycles. The van der Waals surface area contributed by atoms with E-state index in [1.165, 1.54) is 12.8 Å². The number of benzene rings is 1. The van der Waals surface area contributed by atoms with E-state index in [1.54, 1.807) is 12.4 Å². The largest absolute Gasteiger partial charge is 0.375 e. The van der Waals surface area contributed by atoms with E-state index in [2.05, 4.69) is 15.3 Å². The molecule has 1 atom stereocenters. The Bertz CT molecular complexity index is 742. The molecule has 1 amide bonds. The summed E-state index contributed by atoms with van der Waals surface area (Å²) in [7, 11) is 0. The predicted molar refractivity (Wildman–Crippen MR) is 96.0 cm³/mol. The molecular weight excluding hydrogens is 314 g/mol. The van der Waals surface area contributed by atoms with E-state index in [9.17, 15) is 4.79 Å². The van der Waals surface area contributed by atoms with Gasteiger partial charge in [0, 0.05) is 30.5 Å². The summed E-state index contributed by atoms with van der Waals surface area (Å²) in [6, 6.07) is 9.82. The van der Waals surface area contributed by atoms with Crippen LogP contribution in [0.3, 0.4) is 0 Å². The molecule has 1 N–H and O–H groups in total. The Morgan fingerprint density at radius 3 is 2.68 bits per heavy atom. The quantitative estimate of drug-likeness (QED) is 0.925. The van der Waals surface area contributed by atoms with Gasteiger partial charge in [0.05, 0.1) is 5.60 Å². The Labute approximate surface area is 147 Å². The second-order valence-electron chi connectivity index (χ2n) is 7.04. The molecule has 2 aliphatic rings. The van der Waals surface area contributed by atoms with Crippen LogP contribution in [0.2, 0.25) is 0 Å². The highest BCUT2D eigenvalue weighted by Gasteiger charge is 2.42. The maximum Gasteiger partial charge on any atom is 0.228 e. The van der Waals surface area contributed by atoms with E-state index in [0.717, 1.165) is 31.2 Å². The van der Waals surface area contributed by atoms with Gasteiger partial charge < -0.3 is 10.1 Å². The van der Waals surface area contributed by atoms with Crippen molar-refractivity contribution in [3.05, 3.63) is 42.7 Å². The molecule has 4 rings (SSSR count). The zero-order chi connectivity index (χ0) is 17.1. The molecule has 25 heavy (non-hydrogen) atoms. The normalized spacial score (nSPS) is 22.0. The van der Waals surface area contributed by atoms with Gasteiger partial charge in [-0.1, -0.05) is 43.2 Å². The van der Waals surface area contributed by atoms with Crippen LogP contribution in [-0.2, 0) is 9.53 Å². The molecule has 1 unspecified atom stereocenters. The van der Waals surface area contributed by atoms with Gasteiger partial charge in [0.25, 0.3) is 0 Å². The summed E-state index contributed by atoms with van der Waals surface area (Å²) in [5, 5.41) is 3.02. The molecule has 5 heteroatoms. The highest BCUT2D eigenvalue weighted by atomic mass is 16.5. The number of anilines is 1. The smallest absolute Gasteiger partial charge is 0.228 e. The summed E-state index contributed by atoms with van der Waals surface area (Å²) >= 11 is 0. The number of aromatic nitrogens is 2. The zero-order valence-corrected chi connectivity index (χ0v) is 14.3. The van der Waals surface area contributed by atoms with E-state index in [0.29, 0.717) is 18.1 Å². The van der Waals surface area contributed by atoms with Gasteiger partial charge in [-0.2, -0.15) is 0 Å². The lowest BCUT2D eigenvalue weighted by Gasteiger charge is -2.37. The van der Waals surface area contributed by atoms with Crippen molar-refractivity contribution in [1.29, 1.82) is 0 Å². The van der Waals surface area contributed by atoms with Crippen LogP contribution in [0.25, 0.3) is 11.3 Å². The fourth-order valence-electron chi connectivity index (χ4n) is 4.07. The van der Waals surface area contributed by atoms with E-state index in [-0.39, 0.29) is 17.4 Å². The van der Waals surface area contributed by atoms with Gasteiger partial charge in [0.1, 0.15) is 5.69 Å². The van der Waals surface area contributed by atoms with Crippen molar-refractivity contribution in [3.63, 3.8) is 0 Å². The number of hydrogen-bond acceptors (Lipinski definition) is 4. The Kier molecular flexibility index (Phi) is 4.49. The van der Waals surface area contributed by atoms with Crippen molar-refractivity contribution >= 4 is 11.7 Å². The molecule has 2 aromatic rings. The molecular formula is C20H23N3O2. The molecule has 1 spiro atoms. The first-order valence-electron chi connectivity index (χ1n) is 9.07. The lowest BCUT2D eigenvalue weighted by Crippen LogP contribution is -2.41. The minimum atomic E-state index is -0.0646. The Morgan fingerprint density at radius 1 is 1.12 bits per heavy atom. The van der Waals surface area contributed by atoms with Gasteiger partial charge in [-0.05, 0) is 25.7 Å². The number of amides is 1. The van der Waals surface area contributed by atoms with Crippen molar-refractivity contribution in [3.8, 4) is 11.3 Å². The van der Waals surface area contributed by atoms with Gasteiger partial charge in [0.15, 0.2) is 5.82 Å². The Balaban J connectivity index is 1.52. The third-order valence-electron chi connectivity index (χ3n) is 5.37. The van der Waals surface area contributed by atoms with Crippen molar-refractivity contribution in [2.75, 3.05) is 11.9 Å². The number of nitrogens with one attached hydrogen (secondary N) is 1. The van der Waals surface area contributed by atoms with Crippen LogP contribution >= 0.6 is 0 Å². The van der Waals surface area contributed by atoms with Crippen LogP contribution < -0.4 is 5.32 Å². The first-order chi connectivity index (χ1) is 12.3. The molecule has 130 valence electrons. The molecule has 1 saturated heterocycles. The number of carbonyl (C=O) groups is 1. The highest BCUT2D eigenvalue weighted by molar-refractivity contribution is 5.94. The van der Waals surface area contributed by atoms with Crippen LogP contribution in [0.5, 0.6) is 0 Å². The second-order valence-corrected chi connectivity index (χ2v) is 7.04. The van der Waals surface area contributed by atoms with Crippen LogP contribution in [0, 0.1) is 5.92 Å². The van der Waals surface area contributed by atoms with Crippen LogP contribution in [-0.4, -0.2) is 28.1 Å². The summed E-state index contributed by atoms with van der Waals surface area (Å²) in [6.45, 7) is 0.671. The molecule has 0 radical (unpaired) electrons. The number of nitrogens with zero attached hydrogens (tertiary/aromatic N) is 2. The molecule has 1 aliphatic heterocycles. The number of ether oxygens (including phenoxy) is 1.